The Bertz CT molecular complexity index is 460. The Hall–Kier alpha value is -1.06. The molecule has 1 saturated carbocycles. The SMILES string of the molecule is CCCCCCCCCCOC(=O)C1CCCC(C(=O)OCCCCCCC(C)C)C1. The topological polar surface area (TPSA) is 52.6 Å². The van der Waals surface area contributed by atoms with Crippen LogP contribution in [-0.4, -0.2) is 25.2 Å². The second kappa shape index (κ2) is 18.5. The van der Waals surface area contributed by atoms with Crippen LogP contribution in [0.15, 0.2) is 0 Å². The molecule has 0 radical (unpaired) electrons. The van der Waals surface area contributed by atoms with Gasteiger partial charge in [0.1, 0.15) is 0 Å². The van der Waals surface area contributed by atoms with Crippen LogP contribution in [0.4, 0.5) is 0 Å². The minimum absolute atomic E-state index is 0.106. The molecule has 4 heteroatoms. The van der Waals surface area contributed by atoms with Crippen molar-refractivity contribution in [3.05, 3.63) is 0 Å². The van der Waals surface area contributed by atoms with Crippen LogP contribution in [-0.2, 0) is 19.1 Å². The molecule has 0 amide bonds. The van der Waals surface area contributed by atoms with Gasteiger partial charge in [-0.2, -0.15) is 0 Å². The molecule has 0 aromatic heterocycles. The fraction of sp³-hybridized carbons (Fsp3) is 0.926. The maximum atomic E-state index is 12.4. The van der Waals surface area contributed by atoms with Crippen LogP contribution in [0.25, 0.3) is 0 Å². The average molecular weight is 439 g/mol. The minimum atomic E-state index is -0.129. The molecule has 0 heterocycles. The number of carbonyl (C=O) groups is 2. The van der Waals surface area contributed by atoms with Gasteiger partial charge in [0.15, 0.2) is 0 Å². The van der Waals surface area contributed by atoms with E-state index in [-0.39, 0.29) is 23.8 Å². The first-order valence-corrected chi connectivity index (χ1v) is 13.4. The summed E-state index contributed by atoms with van der Waals surface area (Å²) < 4.78 is 11.0. The summed E-state index contributed by atoms with van der Waals surface area (Å²) in [5.74, 6) is 0.296. The zero-order chi connectivity index (χ0) is 22.7. The van der Waals surface area contributed by atoms with Crippen LogP contribution in [0.1, 0.15) is 130 Å². The fourth-order valence-electron chi connectivity index (χ4n) is 4.44. The maximum Gasteiger partial charge on any atom is 0.308 e. The molecule has 2 atom stereocenters. The van der Waals surface area contributed by atoms with E-state index in [1.807, 2.05) is 0 Å². The van der Waals surface area contributed by atoms with Crippen molar-refractivity contribution in [1.29, 1.82) is 0 Å². The van der Waals surface area contributed by atoms with E-state index in [2.05, 4.69) is 20.8 Å². The molecular formula is C27H50O4. The van der Waals surface area contributed by atoms with Crippen molar-refractivity contribution in [3.8, 4) is 0 Å². The van der Waals surface area contributed by atoms with Gasteiger partial charge in [-0.05, 0) is 38.0 Å². The van der Waals surface area contributed by atoms with Crippen molar-refractivity contribution in [2.24, 2.45) is 17.8 Å². The van der Waals surface area contributed by atoms with Gasteiger partial charge in [0.2, 0.25) is 0 Å². The standard InChI is InChI=1S/C27H50O4/c1-4-5-6-7-8-9-11-14-20-30-26(28)24-18-16-19-25(22-24)27(29)31-21-15-12-10-13-17-23(2)3/h23-25H,4-22H2,1-3H3. The summed E-state index contributed by atoms with van der Waals surface area (Å²) in [4.78, 5) is 24.8. The van der Waals surface area contributed by atoms with Crippen LogP contribution in [0.2, 0.25) is 0 Å². The Morgan fingerprint density at radius 1 is 0.710 bits per heavy atom. The summed E-state index contributed by atoms with van der Waals surface area (Å²) in [5, 5.41) is 0. The summed E-state index contributed by atoms with van der Waals surface area (Å²) in [6.45, 7) is 7.79. The van der Waals surface area contributed by atoms with Crippen LogP contribution in [0.5, 0.6) is 0 Å². The van der Waals surface area contributed by atoms with Crippen LogP contribution < -0.4 is 0 Å². The van der Waals surface area contributed by atoms with Crippen molar-refractivity contribution in [3.63, 3.8) is 0 Å². The summed E-state index contributed by atoms with van der Waals surface area (Å²) >= 11 is 0. The van der Waals surface area contributed by atoms with Gasteiger partial charge in [0.25, 0.3) is 0 Å². The summed E-state index contributed by atoms with van der Waals surface area (Å²) in [6, 6.07) is 0. The largest absolute Gasteiger partial charge is 0.465 e. The zero-order valence-electron chi connectivity index (χ0n) is 20.8. The number of hydrogen-bond acceptors (Lipinski definition) is 4. The van der Waals surface area contributed by atoms with Crippen LogP contribution in [0.3, 0.4) is 0 Å². The Balaban J connectivity index is 2.08. The van der Waals surface area contributed by atoms with Crippen molar-refractivity contribution < 1.29 is 19.1 Å². The number of esters is 2. The van der Waals surface area contributed by atoms with Gasteiger partial charge in [-0.25, -0.2) is 0 Å². The smallest absolute Gasteiger partial charge is 0.308 e. The van der Waals surface area contributed by atoms with E-state index in [1.54, 1.807) is 0 Å². The van der Waals surface area contributed by atoms with E-state index >= 15 is 0 Å². The number of ether oxygens (including phenoxy) is 2. The lowest BCUT2D eigenvalue weighted by Crippen LogP contribution is -2.30. The number of hydrogen-bond donors (Lipinski definition) is 0. The minimum Gasteiger partial charge on any atom is -0.465 e. The maximum absolute atomic E-state index is 12.4. The molecule has 0 spiro atoms. The molecule has 0 N–H and O–H groups in total. The lowest BCUT2D eigenvalue weighted by molar-refractivity contribution is -0.155. The van der Waals surface area contributed by atoms with E-state index < -0.39 is 0 Å². The van der Waals surface area contributed by atoms with Gasteiger partial charge in [-0.15, -0.1) is 0 Å². The third-order valence-corrected chi connectivity index (χ3v) is 6.50. The van der Waals surface area contributed by atoms with Crippen LogP contribution in [0, 0.1) is 17.8 Å². The fourth-order valence-corrected chi connectivity index (χ4v) is 4.44. The summed E-state index contributed by atoms with van der Waals surface area (Å²) in [6.07, 6.45) is 18.9. The molecule has 4 nitrogen and oxygen atoms in total. The Kier molecular flexibility index (Phi) is 16.7. The van der Waals surface area contributed by atoms with E-state index in [0.717, 1.165) is 50.9 Å². The van der Waals surface area contributed by atoms with Crippen molar-refractivity contribution in [2.75, 3.05) is 13.2 Å². The molecule has 0 aliphatic heterocycles. The van der Waals surface area contributed by atoms with Crippen molar-refractivity contribution in [1.82, 2.24) is 0 Å². The average Bonchev–Trinajstić information content (AvgIpc) is 2.77. The number of carbonyl (C=O) groups excluding carboxylic acids is 2. The van der Waals surface area contributed by atoms with E-state index in [9.17, 15) is 9.59 Å². The molecule has 2 unspecified atom stereocenters. The molecule has 0 aromatic rings. The first kappa shape index (κ1) is 28.0. The molecule has 0 bridgehead atoms. The normalized spacial score (nSPS) is 18.8. The summed E-state index contributed by atoms with van der Waals surface area (Å²) in [5.41, 5.74) is 0. The molecule has 0 saturated heterocycles. The highest BCUT2D eigenvalue weighted by molar-refractivity contribution is 5.76. The molecule has 1 fully saturated rings. The van der Waals surface area contributed by atoms with Gasteiger partial charge >= 0.3 is 11.9 Å². The highest BCUT2D eigenvalue weighted by Crippen LogP contribution is 2.31. The van der Waals surface area contributed by atoms with Gasteiger partial charge in [0.05, 0.1) is 25.0 Å². The van der Waals surface area contributed by atoms with Gasteiger partial charge in [-0.3, -0.25) is 9.59 Å². The quantitative estimate of drug-likeness (QED) is 0.163. The van der Waals surface area contributed by atoms with Crippen LogP contribution >= 0.6 is 0 Å². The molecule has 182 valence electrons. The highest BCUT2D eigenvalue weighted by atomic mass is 16.5. The van der Waals surface area contributed by atoms with E-state index in [1.165, 1.54) is 57.8 Å². The monoisotopic (exact) mass is 438 g/mol. The Morgan fingerprint density at radius 2 is 1.16 bits per heavy atom. The number of unbranched alkanes of at least 4 members (excludes halogenated alkanes) is 10. The zero-order valence-corrected chi connectivity index (χ0v) is 20.8. The predicted molar refractivity (Wildman–Crippen MR) is 128 cm³/mol. The molecule has 1 rings (SSSR count). The summed E-state index contributed by atoms with van der Waals surface area (Å²) in [7, 11) is 0. The second-order valence-corrected chi connectivity index (χ2v) is 9.97. The Labute approximate surface area is 192 Å². The molecule has 31 heavy (non-hydrogen) atoms. The van der Waals surface area contributed by atoms with Crippen molar-refractivity contribution in [2.45, 2.75) is 130 Å². The van der Waals surface area contributed by atoms with Gasteiger partial charge < -0.3 is 9.47 Å². The third kappa shape index (κ3) is 14.6. The highest BCUT2D eigenvalue weighted by Gasteiger charge is 2.32. The van der Waals surface area contributed by atoms with Gasteiger partial charge in [-0.1, -0.05) is 97.8 Å². The molecule has 1 aliphatic carbocycles. The molecule has 1 aliphatic rings. The molecule has 0 aromatic carbocycles. The third-order valence-electron chi connectivity index (χ3n) is 6.50. The van der Waals surface area contributed by atoms with Crippen molar-refractivity contribution >= 4 is 11.9 Å². The predicted octanol–water partition coefficient (Wildman–Crippen LogP) is 7.63. The lowest BCUT2D eigenvalue weighted by Gasteiger charge is -2.26. The molecular weight excluding hydrogens is 388 g/mol. The Morgan fingerprint density at radius 3 is 1.65 bits per heavy atom. The lowest BCUT2D eigenvalue weighted by atomic mass is 9.81. The second-order valence-electron chi connectivity index (χ2n) is 9.97. The van der Waals surface area contributed by atoms with E-state index in [0.29, 0.717) is 19.6 Å². The van der Waals surface area contributed by atoms with Gasteiger partial charge in [0, 0.05) is 0 Å². The first-order chi connectivity index (χ1) is 15.0. The number of rotatable bonds is 18. The van der Waals surface area contributed by atoms with E-state index in [4.69, 9.17) is 9.47 Å². The first-order valence-electron chi connectivity index (χ1n) is 13.4.